The number of carbonyl (C=O) groups excluding carboxylic acids is 2. The molecular formula is C24H32N3O8PS. The van der Waals surface area contributed by atoms with Crippen LogP contribution in [0.4, 0.5) is 0 Å². The van der Waals surface area contributed by atoms with Crippen LogP contribution in [-0.4, -0.2) is 69.8 Å². The van der Waals surface area contributed by atoms with E-state index in [0.29, 0.717) is 5.75 Å². The number of amides is 1. The Kier molecular flexibility index (Phi) is 9.30. The van der Waals surface area contributed by atoms with Crippen LogP contribution in [0.3, 0.4) is 0 Å². The van der Waals surface area contributed by atoms with Crippen molar-refractivity contribution in [2.45, 2.75) is 57.0 Å². The minimum atomic E-state index is -3.41. The maximum absolute atomic E-state index is 12.4. The number of ether oxygens (including phenoxy) is 2. The summed E-state index contributed by atoms with van der Waals surface area (Å²) < 4.78 is 23.1. The van der Waals surface area contributed by atoms with E-state index in [0.717, 1.165) is 6.08 Å². The highest BCUT2D eigenvalue weighted by Crippen LogP contribution is 2.47. The summed E-state index contributed by atoms with van der Waals surface area (Å²) >= 11 is 5.68. The molecule has 4 N–H and O–H groups in total. The van der Waals surface area contributed by atoms with Gasteiger partial charge in [-0.3, -0.25) is 9.59 Å². The van der Waals surface area contributed by atoms with Crippen LogP contribution in [0.2, 0.25) is 0 Å². The van der Waals surface area contributed by atoms with Gasteiger partial charge in [-0.15, -0.1) is 0 Å². The maximum atomic E-state index is 12.4. The first-order chi connectivity index (χ1) is 17.4. The molecule has 6 atom stereocenters. The van der Waals surface area contributed by atoms with Crippen molar-refractivity contribution >= 4 is 30.3 Å². The summed E-state index contributed by atoms with van der Waals surface area (Å²) in [5.74, 6) is -0.387. The van der Waals surface area contributed by atoms with E-state index < -0.39 is 48.6 Å². The fraction of sp³-hybridized carbons (Fsp3) is 0.417. The molecule has 2 aliphatic rings. The Morgan fingerprint density at radius 3 is 2.65 bits per heavy atom. The van der Waals surface area contributed by atoms with Crippen LogP contribution in [0.5, 0.6) is 5.75 Å². The molecule has 11 nitrogen and oxygen atoms in total. The summed E-state index contributed by atoms with van der Waals surface area (Å²) in [5, 5.41) is 27.6. The highest BCUT2D eigenvalue weighted by molar-refractivity contribution is 8.09. The molecule has 1 fully saturated rings. The van der Waals surface area contributed by atoms with Gasteiger partial charge in [-0.25, -0.2) is 5.09 Å². The van der Waals surface area contributed by atoms with Gasteiger partial charge < -0.3 is 39.0 Å². The lowest BCUT2D eigenvalue weighted by atomic mass is 9.93. The molecule has 37 heavy (non-hydrogen) atoms. The first-order valence-electron chi connectivity index (χ1n) is 11.5. The number of esters is 1. The van der Waals surface area contributed by atoms with Crippen molar-refractivity contribution < 1.29 is 38.3 Å². The highest BCUT2D eigenvalue weighted by Gasteiger charge is 2.56. The van der Waals surface area contributed by atoms with Gasteiger partial charge in [-0.05, 0) is 44.7 Å². The molecule has 1 saturated heterocycles. The summed E-state index contributed by atoms with van der Waals surface area (Å²) in [7, 11) is 0. The number of hydrogen-bond acceptors (Lipinski definition) is 10. The highest BCUT2D eigenvalue weighted by atomic mass is 32.5. The van der Waals surface area contributed by atoms with E-state index in [9.17, 15) is 19.8 Å². The number of nitrogens with zero attached hydrogens (tertiary/aromatic N) is 1. The average Bonchev–Trinajstić information content (AvgIpc) is 3.08. The lowest BCUT2D eigenvalue weighted by Crippen LogP contribution is -2.54. The van der Waals surface area contributed by atoms with Gasteiger partial charge in [0.15, 0.2) is 11.8 Å². The fourth-order valence-electron chi connectivity index (χ4n) is 3.65. The van der Waals surface area contributed by atoms with Crippen molar-refractivity contribution in [3.8, 4) is 5.75 Å². The van der Waals surface area contributed by atoms with Crippen LogP contribution < -0.4 is 14.9 Å². The number of nitrogens with one attached hydrogen (secondary N) is 2. The molecule has 0 aromatic heterocycles. The van der Waals surface area contributed by atoms with Gasteiger partial charge in [-0.1, -0.05) is 37.4 Å². The molecule has 0 aliphatic carbocycles. The topological polar surface area (TPSA) is 139 Å². The Labute approximate surface area is 220 Å². The van der Waals surface area contributed by atoms with Crippen LogP contribution in [0.1, 0.15) is 20.8 Å². The van der Waals surface area contributed by atoms with Crippen molar-refractivity contribution in [1.82, 2.24) is 15.3 Å². The van der Waals surface area contributed by atoms with Crippen LogP contribution in [-0.2, 0) is 35.4 Å². The summed E-state index contributed by atoms with van der Waals surface area (Å²) in [4.78, 5) is 25.4. The minimum absolute atomic E-state index is 0.142. The second-order valence-electron chi connectivity index (χ2n) is 8.76. The van der Waals surface area contributed by atoms with Gasteiger partial charge in [0, 0.05) is 12.3 Å². The Bertz CT molecular complexity index is 1100. The quantitative estimate of drug-likeness (QED) is 0.181. The largest absolute Gasteiger partial charge is 0.462 e. The predicted octanol–water partition coefficient (Wildman–Crippen LogP) is 1.66. The molecule has 1 amide bonds. The summed E-state index contributed by atoms with van der Waals surface area (Å²) in [6.07, 6.45) is -0.331. The van der Waals surface area contributed by atoms with Gasteiger partial charge in [0.1, 0.15) is 29.8 Å². The molecule has 0 saturated carbocycles. The lowest BCUT2D eigenvalue weighted by molar-refractivity contribution is -0.149. The average molecular weight is 554 g/mol. The molecule has 1 aromatic carbocycles. The predicted molar refractivity (Wildman–Crippen MR) is 139 cm³/mol. The molecule has 13 heteroatoms. The number of carbonyl (C=O) groups is 2. The van der Waals surface area contributed by atoms with E-state index in [2.05, 4.69) is 23.6 Å². The Hall–Kier alpha value is -2.57. The van der Waals surface area contributed by atoms with E-state index in [-0.39, 0.29) is 18.5 Å². The zero-order chi connectivity index (χ0) is 27.4. The maximum Gasteiger partial charge on any atom is 0.323 e. The molecule has 2 heterocycles. The standard InChI is InChI=1S/C24H32N3O8PS/c1-6-24(31)21(29)19(34-23(24)27-13-12-20(28)25-17(27)5)14-32-36(37,35-18-10-8-7-9-11-18)26-16(4)22(30)33-15(2)3/h6-13,15-16,19,21,23,29,31H,1,5,14H2,2-4H3,(H,25,28)(H,26,37)/t16?,19-,21-,23-,24-,36?/m1/s1. The van der Waals surface area contributed by atoms with Crippen LogP contribution in [0.15, 0.2) is 67.7 Å². The van der Waals surface area contributed by atoms with Crippen LogP contribution >= 0.6 is 6.64 Å². The third-order valence-corrected chi connectivity index (χ3v) is 8.01. The number of benzene rings is 1. The second-order valence-corrected chi connectivity index (χ2v) is 11.9. The zero-order valence-electron chi connectivity index (χ0n) is 20.8. The smallest absolute Gasteiger partial charge is 0.323 e. The molecule has 1 aromatic rings. The molecule has 2 aliphatic heterocycles. The van der Waals surface area contributed by atoms with E-state index in [1.165, 1.54) is 17.2 Å². The number of rotatable bonds is 11. The van der Waals surface area contributed by atoms with Gasteiger partial charge in [0.25, 0.3) is 5.91 Å². The Balaban J connectivity index is 1.80. The third kappa shape index (κ3) is 6.85. The minimum Gasteiger partial charge on any atom is -0.462 e. The SMILES string of the molecule is C=C[C@@]1(O)[C@H](O)[C@@H](COP(=S)(NC(C)C(=O)OC(C)C)Oc2ccccc2)O[C@H]1N1C=CC(=O)NC1=C. The van der Waals surface area contributed by atoms with Crippen LogP contribution in [0.25, 0.3) is 0 Å². The van der Waals surface area contributed by atoms with Gasteiger partial charge in [0.2, 0.25) is 0 Å². The summed E-state index contributed by atoms with van der Waals surface area (Å²) in [6.45, 7) is 8.69. The Morgan fingerprint density at radius 1 is 1.38 bits per heavy atom. The van der Waals surface area contributed by atoms with Crippen molar-refractivity contribution in [1.29, 1.82) is 0 Å². The van der Waals surface area contributed by atoms with E-state index >= 15 is 0 Å². The van der Waals surface area contributed by atoms with E-state index in [4.69, 9.17) is 30.3 Å². The Morgan fingerprint density at radius 2 is 2.05 bits per heavy atom. The molecule has 0 spiro atoms. The molecular weight excluding hydrogens is 521 g/mol. The molecule has 3 rings (SSSR count). The summed E-state index contributed by atoms with van der Waals surface area (Å²) in [5.41, 5.74) is -1.95. The number of hydrogen-bond donors (Lipinski definition) is 4. The molecule has 0 radical (unpaired) electrons. The third-order valence-electron chi connectivity index (χ3n) is 5.51. The first kappa shape index (κ1) is 29.0. The lowest BCUT2D eigenvalue weighted by Gasteiger charge is -2.37. The molecule has 0 bridgehead atoms. The number of aliphatic hydroxyl groups is 2. The number of para-hydroxylation sites is 1. The zero-order valence-corrected chi connectivity index (χ0v) is 22.5. The van der Waals surface area contributed by atoms with Crippen molar-refractivity contribution in [3.63, 3.8) is 0 Å². The van der Waals surface area contributed by atoms with Crippen molar-refractivity contribution in [2.75, 3.05) is 6.61 Å². The first-order valence-corrected chi connectivity index (χ1v) is 14.2. The second kappa shape index (κ2) is 11.9. The molecule has 202 valence electrons. The fourth-order valence-corrected chi connectivity index (χ4v) is 6.06. The van der Waals surface area contributed by atoms with Gasteiger partial charge >= 0.3 is 12.6 Å². The van der Waals surface area contributed by atoms with Gasteiger partial charge in [0.05, 0.1) is 12.7 Å². The van der Waals surface area contributed by atoms with E-state index in [1.807, 2.05) is 0 Å². The molecule has 2 unspecified atom stereocenters. The monoisotopic (exact) mass is 553 g/mol. The number of aliphatic hydroxyl groups excluding tert-OH is 1. The van der Waals surface area contributed by atoms with Crippen molar-refractivity contribution in [2.24, 2.45) is 0 Å². The summed E-state index contributed by atoms with van der Waals surface area (Å²) in [6, 6.07) is 7.80. The van der Waals surface area contributed by atoms with Crippen LogP contribution in [0, 0.1) is 0 Å². The normalized spacial score (nSPS) is 27.9. The van der Waals surface area contributed by atoms with Crippen molar-refractivity contribution in [3.05, 3.63) is 67.7 Å². The van der Waals surface area contributed by atoms with Gasteiger partial charge in [-0.2, -0.15) is 0 Å². The van der Waals surface area contributed by atoms with E-state index in [1.54, 1.807) is 51.1 Å².